The zero-order valence-corrected chi connectivity index (χ0v) is 9.82. The Hall–Kier alpha value is -1.44. The van der Waals surface area contributed by atoms with E-state index in [1.165, 1.54) is 0 Å². The summed E-state index contributed by atoms with van der Waals surface area (Å²) in [6.45, 7) is 0. The predicted octanol–water partition coefficient (Wildman–Crippen LogP) is 3.02. The Morgan fingerprint density at radius 3 is 2.65 bits per heavy atom. The number of Topliss-reactive ketones (excluding diaryl/α,β-unsaturated/α-hetero) is 2. The first-order valence-corrected chi connectivity index (χ1v) is 6.38. The van der Waals surface area contributed by atoms with Crippen molar-refractivity contribution in [1.29, 1.82) is 0 Å². The minimum Gasteiger partial charge on any atom is -0.298 e. The van der Waals surface area contributed by atoms with Crippen LogP contribution in [0.15, 0.2) is 30.3 Å². The second kappa shape index (κ2) is 3.80. The summed E-state index contributed by atoms with van der Waals surface area (Å²) >= 11 is 0. The van der Waals surface area contributed by atoms with E-state index in [1.54, 1.807) is 0 Å². The predicted molar refractivity (Wildman–Crippen MR) is 64.8 cm³/mol. The van der Waals surface area contributed by atoms with Gasteiger partial charge in [-0.05, 0) is 25.7 Å². The molecule has 2 aliphatic rings. The third-order valence-corrected chi connectivity index (χ3v) is 4.39. The number of ketones is 2. The van der Waals surface area contributed by atoms with E-state index in [9.17, 15) is 9.59 Å². The van der Waals surface area contributed by atoms with Gasteiger partial charge >= 0.3 is 0 Å². The quantitative estimate of drug-likeness (QED) is 0.576. The van der Waals surface area contributed by atoms with Crippen LogP contribution in [0.4, 0.5) is 0 Å². The molecule has 88 valence electrons. The van der Waals surface area contributed by atoms with Gasteiger partial charge in [-0.3, -0.25) is 9.59 Å². The number of benzene rings is 1. The summed E-state index contributed by atoms with van der Waals surface area (Å²) in [5.41, 5.74) is 0.0352. The van der Waals surface area contributed by atoms with Crippen molar-refractivity contribution in [2.45, 2.75) is 32.1 Å². The third kappa shape index (κ3) is 1.47. The second-order valence-corrected chi connectivity index (χ2v) is 5.27. The van der Waals surface area contributed by atoms with Crippen molar-refractivity contribution in [3.63, 3.8) is 0 Å². The Bertz CT molecular complexity index is 459. The topological polar surface area (TPSA) is 34.1 Å². The zero-order chi connectivity index (χ0) is 11.9. The van der Waals surface area contributed by atoms with Crippen LogP contribution in [0.2, 0.25) is 0 Å². The number of carbonyl (C=O) groups is 2. The first-order chi connectivity index (χ1) is 8.24. The lowest BCUT2D eigenvalue weighted by Crippen LogP contribution is -2.39. The van der Waals surface area contributed by atoms with Gasteiger partial charge < -0.3 is 0 Å². The highest BCUT2D eigenvalue weighted by Gasteiger charge is 2.54. The molecule has 1 aromatic rings. The van der Waals surface area contributed by atoms with Crippen molar-refractivity contribution in [2.75, 3.05) is 0 Å². The van der Waals surface area contributed by atoms with Crippen LogP contribution in [0.25, 0.3) is 0 Å². The van der Waals surface area contributed by atoms with Crippen molar-refractivity contribution < 1.29 is 9.59 Å². The van der Waals surface area contributed by atoms with Crippen LogP contribution < -0.4 is 0 Å². The van der Waals surface area contributed by atoms with Gasteiger partial charge in [-0.2, -0.15) is 0 Å². The Morgan fingerprint density at radius 1 is 1.12 bits per heavy atom. The molecule has 0 radical (unpaired) electrons. The van der Waals surface area contributed by atoms with E-state index < -0.39 is 5.41 Å². The zero-order valence-electron chi connectivity index (χ0n) is 9.82. The van der Waals surface area contributed by atoms with Crippen LogP contribution in [0.1, 0.15) is 42.5 Å². The molecule has 2 heteroatoms. The Labute approximate surface area is 101 Å². The van der Waals surface area contributed by atoms with E-state index in [0.717, 1.165) is 32.1 Å². The molecular weight excluding hydrogens is 212 g/mol. The number of fused-ring (bicyclic) bond motifs is 2. The highest BCUT2D eigenvalue weighted by Crippen LogP contribution is 2.50. The molecule has 2 unspecified atom stereocenters. The maximum atomic E-state index is 12.6. The fourth-order valence-corrected chi connectivity index (χ4v) is 3.44. The SMILES string of the molecule is O=C(c1ccccc1)C12CCCC(CC1)C2=O. The molecule has 2 atom stereocenters. The molecule has 0 aliphatic heterocycles. The number of rotatable bonds is 2. The molecule has 17 heavy (non-hydrogen) atoms. The molecular formula is C15H16O2. The molecule has 0 saturated heterocycles. The first kappa shape index (κ1) is 10.7. The van der Waals surface area contributed by atoms with Gasteiger partial charge in [0, 0.05) is 11.5 Å². The number of hydrogen-bond acceptors (Lipinski definition) is 2. The van der Waals surface area contributed by atoms with Crippen molar-refractivity contribution >= 4 is 11.6 Å². The summed E-state index contributed by atoms with van der Waals surface area (Å²) in [6, 6.07) is 9.28. The summed E-state index contributed by atoms with van der Waals surface area (Å²) in [7, 11) is 0. The van der Waals surface area contributed by atoms with Crippen molar-refractivity contribution in [3.05, 3.63) is 35.9 Å². The molecule has 2 bridgehead atoms. The van der Waals surface area contributed by atoms with Gasteiger partial charge in [0.15, 0.2) is 5.78 Å². The van der Waals surface area contributed by atoms with Gasteiger partial charge in [0.05, 0.1) is 5.41 Å². The van der Waals surface area contributed by atoms with E-state index >= 15 is 0 Å². The maximum absolute atomic E-state index is 12.6. The third-order valence-electron chi connectivity index (χ3n) is 4.39. The van der Waals surface area contributed by atoms with E-state index in [1.807, 2.05) is 30.3 Å². The van der Waals surface area contributed by atoms with Gasteiger partial charge in [0.1, 0.15) is 5.78 Å². The number of carbonyl (C=O) groups excluding carboxylic acids is 2. The molecule has 0 N–H and O–H groups in total. The van der Waals surface area contributed by atoms with Crippen LogP contribution in [-0.2, 0) is 4.79 Å². The van der Waals surface area contributed by atoms with Crippen LogP contribution in [-0.4, -0.2) is 11.6 Å². The fraction of sp³-hybridized carbons (Fsp3) is 0.467. The van der Waals surface area contributed by atoms with Crippen LogP contribution in [0.5, 0.6) is 0 Å². The van der Waals surface area contributed by atoms with Gasteiger partial charge in [-0.1, -0.05) is 36.8 Å². The Balaban J connectivity index is 1.99. The summed E-state index contributed by atoms with van der Waals surface area (Å²) in [5, 5.41) is 0. The van der Waals surface area contributed by atoms with E-state index in [4.69, 9.17) is 0 Å². The summed E-state index contributed by atoms with van der Waals surface area (Å²) in [5.74, 6) is 0.444. The van der Waals surface area contributed by atoms with Gasteiger partial charge in [-0.25, -0.2) is 0 Å². The Morgan fingerprint density at radius 2 is 1.88 bits per heavy atom. The van der Waals surface area contributed by atoms with E-state index in [0.29, 0.717) is 5.56 Å². The average Bonchev–Trinajstić information content (AvgIpc) is 2.58. The molecule has 0 spiro atoms. The average molecular weight is 228 g/mol. The molecule has 0 amide bonds. The van der Waals surface area contributed by atoms with Crippen molar-refractivity contribution in [2.24, 2.45) is 11.3 Å². The van der Waals surface area contributed by atoms with Gasteiger partial charge in [0.2, 0.25) is 0 Å². The Kier molecular flexibility index (Phi) is 2.39. The smallest absolute Gasteiger partial charge is 0.176 e. The molecule has 2 aliphatic carbocycles. The highest BCUT2D eigenvalue weighted by atomic mass is 16.2. The van der Waals surface area contributed by atoms with Gasteiger partial charge in [0.25, 0.3) is 0 Å². The minimum absolute atomic E-state index is 0.0605. The lowest BCUT2D eigenvalue weighted by molar-refractivity contribution is -0.129. The molecule has 2 nitrogen and oxygen atoms in total. The monoisotopic (exact) mass is 228 g/mol. The highest BCUT2D eigenvalue weighted by molar-refractivity contribution is 6.16. The van der Waals surface area contributed by atoms with Crippen molar-refractivity contribution in [3.8, 4) is 0 Å². The standard InChI is InChI=1S/C15H16O2/c16-13(11-5-2-1-3-6-11)15-9-4-7-12(8-10-15)14(15)17/h1-3,5-6,12H,4,7-10H2. The lowest BCUT2D eigenvalue weighted by Gasteiger charge is -2.30. The van der Waals surface area contributed by atoms with Crippen LogP contribution >= 0.6 is 0 Å². The minimum atomic E-state index is -0.662. The van der Waals surface area contributed by atoms with Crippen LogP contribution in [0.3, 0.4) is 0 Å². The second-order valence-electron chi connectivity index (χ2n) is 5.27. The largest absolute Gasteiger partial charge is 0.298 e. The molecule has 0 aromatic heterocycles. The molecule has 0 heterocycles. The van der Waals surface area contributed by atoms with E-state index in [2.05, 4.69) is 0 Å². The molecule has 3 rings (SSSR count). The summed E-state index contributed by atoms with van der Waals surface area (Å²) in [6.07, 6.45) is 4.45. The number of hydrogen-bond donors (Lipinski definition) is 0. The molecule has 1 aromatic carbocycles. The first-order valence-electron chi connectivity index (χ1n) is 6.38. The summed E-state index contributed by atoms with van der Waals surface area (Å²) in [4.78, 5) is 24.9. The fourth-order valence-electron chi connectivity index (χ4n) is 3.44. The van der Waals surface area contributed by atoms with Gasteiger partial charge in [-0.15, -0.1) is 0 Å². The lowest BCUT2D eigenvalue weighted by atomic mass is 9.70. The maximum Gasteiger partial charge on any atom is 0.176 e. The van der Waals surface area contributed by atoms with Crippen LogP contribution in [0, 0.1) is 11.3 Å². The van der Waals surface area contributed by atoms with Crippen molar-refractivity contribution in [1.82, 2.24) is 0 Å². The molecule has 2 fully saturated rings. The molecule has 2 saturated carbocycles. The summed E-state index contributed by atoms with van der Waals surface area (Å²) < 4.78 is 0. The normalized spacial score (nSPS) is 31.5. The van der Waals surface area contributed by atoms with E-state index in [-0.39, 0.29) is 17.5 Å².